The fourth-order valence-corrected chi connectivity index (χ4v) is 2.46. The summed E-state index contributed by atoms with van der Waals surface area (Å²) in [5.74, 6) is 0.348. The Morgan fingerprint density at radius 2 is 2.27 bits per heavy atom. The van der Waals surface area contributed by atoms with Gasteiger partial charge in [-0.1, -0.05) is 19.9 Å². The highest BCUT2D eigenvalue weighted by Gasteiger charge is 2.31. The molecule has 1 heterocycles. The number of anilines is 1. The van der Waals surface area contributed by atoms with E-state index in [4.69, 9.17) is 0 Å². The second-order valence-electron chi connectivity index (χ2n) is 4.88. The highest BCUT2D eigenvalue weighted by molar-refractivity contribution is 5.57. The monoisotopic (exact) mass is 207 g/mol. The molecule has 2 atom stereocenters. The molecule has 2 rings (SSSR count). The van der Waals surface area contributed by atoms with E-state index in [1.807, 2.05) is 6.07 Å². The lowest BCUT2D eigenvalue weighted by Gasteiger charge is -2.39. The maximum absolute atomic E-state index is 13.1. The summed E-state index contributed by atoms with van der Waals surface area (Å²) < 4.78 is 13.1. The zero-order valence-corrected chi connectivity index (χ0v) is 9.60. The van der Waals surface area contributed by atoms with Gasteiger partial charge in [0.15, 0.2) is 0 Å². The number of halogens is 1. The van der Waals surface area contributed by atoms with Gasteiger partial charge in [-0.3, -0.25) is 0 Å². The average Bonchev–Trinajstić information content (AvgIpc) is 2.16. The van der Waals surface area contributed by atoms with E-state index in [1.54, 1.807) is 12.1 Å². The molecule has 1 N–H and O–H groups in total. The van der Waals surface area contributed by atoms with E-state index in [2.05, 4.69) is 26.1 Å². The Labute approximate surface area is 90.7 Å². The Morgan fingerprint density at radius 3 is 2.93 bits per heavy atom. The molecule has 1 nitrogen and oxygen atoms in total. The van der Waals surface area contributed by atoms with Gasteiger partial charge in [0.05, 0.1) is 0 Å². The van der Waals surface area contributed by atoms with Crippen LogP contribution in [0.1, 0.15) is 45.1 Å². The van der Waals surface area contributed by atoms with Crippen LogP contribution in [0.4, 0.5) is 10.1 Å². The van der Waals surface area contributed by atoms with Crippen molar-refractivity contribution >= 4 is 5.69 Å². The van der Waals surface area contributed by atoms with E-state index in [1.165, 1.54) is 5.56 Å². The topological polar surface area (TPSA) is 12.0 Å². The molecule has 15 heavy (non-hydrogen) atoms. The minimum atomic E-state index is -0.159. The normalized spacial score (nSPS) is 29.5. The highest BCUT2D eigenvalue weighted by Crippen LogP contribution is 2.40. The Balaban J connectivity index is 2.41. The number of rotatable bonds is 1. The SMILES string of the molecule is CCC1(C)CC(C)c2ccc(F)cc2N1. The molecule has 0 aliphatic carbocycles. The van der Waals surface area contributed by atoms with Gasteiger partial charge in [0.25, 0.3) is 0 Å². The lowest BCUT2D eigenvalue weighted by Crippen LogP contribution is -2.39. The van der Waals surface area contributed by atoms with Crippen molar-refractivity contribution in [1.82, 2.24) is 0 Å². The Kier molecular flexibility index (Phi) is 2.45. The van der Waals surface area contributed by atoms with Crippen LogP contribution in [0, 0.1) is 5.82 Å². The summed E-state index contributed by atoms with van der Waals surface area (Å²) in [7, 11) is 0. The molecule has 1 aromatic carbocycles. The van der Waals surface area contributed by atoms with Crippen LogP contribution < -0.4 is 5.32 Å². The van der Waals surface area contributed by atoms with Crippen molar-refractivity contribution in [3.05, 3.63) is 29.6 Å². The van der Waals surface area contributed by atoms with Crippen LogP contribution in [-0.2, 0) is 0 Å². The minimum absolute atomic E-state index is 0.111. The molecule has 0 amide bonds. The second-order valence-corrected chi connectivity index (χ2v) is 4.88. The first kappa shape index (κ1) is 10.5. The highest BCUT2D eigenvalue weighted by atomic mass is 19.1. The van der Waals surface area contributed by atoms with Gasteiger partial charge in [0.2, 0.25) is 0 Å². The van der Waals surface area contributed by atoms with Gasteiger partial charge in [-0.05, 0) is 43.4 Å². The molecule has 1 aliphatic heterocycles. The minimum Gasteiger partial charge on any atom is -0.380 e. The van der Waals surface area contributed by atoms with Gasteiger partial charge >= 0.3 is 0 Å². The van der Waals surface area contributed by atoms with E-state index in [0.717, 1.165) is 18.5 Å². The van der Waals surface area contributed by atoms with Crippen LogP contribution in [0.15, 0.2) is 18.2 Å². The number of hydrogen-bond donors (Lipinski definition) is 1. The fraction of sp³-hybridized carbons (Fsp3) is 0.538. The van der Waals surface area contributed by atoms with Crippen LogP contribution in [0.2, 0.25) is 0 Å². The number of fused-ring (bicyclic) bond motifs is 1. The third-order valence-electron chi connectivity index (χ3n) is 3.52. The number of hydrogen-bond acceptors (Lipinski definition) is 1. The van der Waals surface area contributed by atoms with E-state index < -0.39 is 0 Å². The smallest absolute Gasteiger partial charge is 0.125 e. The first-order valence-electron chi connectivity index (χ1n) is 5.62. The molecular formula is C13H18FN. The van der Waals surface area contributed by atoms with Crippen molar-refractivity contribution in [2.75, 3.05) is 5.32 Å². The molecule has 0 fully saturated rings. The molecule has 0 bridgehead atoms. The molecule has 82 valence electrons. The Hall–Kier alpha value is -1.05. The van der Waals surface area contributed by atoms with Crippen molar-refractivity contribution in [3.63, 3.8) is 0 Å². The molecule has 0 radical (unpaired) electrons. The predicted octanol–water partition coefficient (Wildman–Crippen LogP) is 3.91. The van der Waals surface area contributed by atoms with Crippen molar-refractivity contribution in [2.24, 2.45) is 0 Å². The van der Waals surface area contributed by atoms with Crippen LogP contribution in [0.5, 0.6) is 0 Å². The van der Waals surface area contributed by atoms with Crippen LogP contribution in [0.3, 0.4) is 0 Å². The standard InChI is InChI=1S/C13H18FN/c1-4-13(3)8-9(2)11-6-5-10(14)7-12(11)15-13/h5-7,9,15H,4,8H2,1-3H3. The van der Waals surface area contributed by atoms with Crippen LogP contribution in [-0.4, -0.2) is 5.54 Å². The third-order valence-corrected chi connectivity index (χ3v) is 3.52. The van der Waals surface area contributed by atoms with Gasteiger partial charge in [-0.15, -0.1) is 0 Å². The molecule has 0 spiro atoms. The largest absolute Gasteiger partial charge is 0.380 e. The number of benzene rings is 1. The van der Waals surface area contributed by atoms with Crippen molar-refractivity contribution < 1.29 is 4.39 Å². The summed E-state index contributed by atoms with van der Waals surface area (Å²) in [6.45, 7) is 6.59. The summed E-state index contributed by atoms with van der Waals surface area (Å²) in [6, 6.07) is 5.06. The third kappa shape index (κ3) is 1.85. The summed E-state index contributed by atoms with van der Waals surface area (Å²) in [5.41, 5.74) is 2.32. The second kappa shape index (κ2) is 3.51. The van der Waals surface area contributed by atoms with Gasteiger partial charge in [0, 0.05) is 11.2 Å². The zero-order valence-electron chi connectivity index (χ0n) is 9.60. The lowest BCUT2D eigenvalue weighted by atomic mass is 9.79. The maximum Gasteiger partial charge on any atom is 0.125 e. The molecule has 1 aromatic rings. The summed E-state index contributed by atoms with van der Waals surface area (Å²) in [5, 5.41) is 3.45. The first-order valence-corrected chi connectivity index (χ1v) is 5.62. The average molecular weight is 207 g/mol. The lowest BCUT2D eigenvalue weighted by molar-refractivity contribution is 0.406. The van der Waals surface area contributed by atoms with E-state index in [-0.39, 0.29) is 11.4 Å². The zero-order chi connectivity index (χ0) is 11.1. The van der Waals surface area contributed by atoms with Crippen molar-refractivity contribution in [2.45, 2.75) is 45.1 Å². The molecule has 2 unspecified atom stereocenters. The van der Waals surface area contributed by atoms with Gasteiger partial charge in [-0.2, -0.15) is 0 Å². The molecule has 2 heteroatoms. The van der Waals surface area contributed by atoms with Gasteiger partial charge in [0.1, 0.15) is 5.82 Å². The van der Waals surface area contributed by atoms with Crippen molar-refractivity contribution in [1.29, 1.82) is 0 Å². The van der Waals surface area contributed by atoms with Crippen molar-refractivity contribution in [3.8, 4) is 0 Å². The predicted molar refractivity (Wildman–Crippen MR) is 61.8 cm³/mol. The van der Waals surface area contributed by atoms with E-state index in [9.17, 15) is 4.39 Å². The molecule has 0 saturated carbocycles. The van der Waals surface area contributed by atoms with E-state index >= 15 is 0 Å². The molecule has 0 aromatic heterocycles. The number of nitrogens with one attached hydrogen (secondary N) is 1. The fourth-order valence-electron chi connectivity index (χ4n) is 2.46. The Morgan fingerprint density at radius 1 is 1.53 bits per heavy atom. The van der Waals surface area contributed by atoms with E-state index in [0.29, 0.717) is 5.92 Å². The first-order chi connectivity index (χ1) is 7.04. The quantitative estimate of drug-likeness (QED) is 0.736. The van der Waals surface area contributed by atoms with Gasteiger partial charge in [-0.25, -0.2) is 4.39 Å². The maximum atomic E-state index is 13.1. The Bertz CT molecular complexity index is 375. The summed E-state index contributed by atoms with van der Waals surface area (Å²) in [6.07, 6.45) is 2.18. The van der Waals surface area contributed by atoms with Crippen LogP contribution >= 0.6 is 0 Å². The summed E-state index contributed by atoms with van der Waals surface area (Å²) in [4.78, 5) is 0. The van der Waals surface area contributed by atoms with Crippen LogP contribution in [0.25, 0.3) is 0 Å². The summed E-state index contributed by atoms with van der Waals surface area (Å²) >= 11 is 0. The molecule has 1 aliphatic rings. The molecule has 0 saturated heterocycles. The molecular weight excluding hydrogens is 189 g/mol. The van der Waals surface area contributed by atoms with Gasteiger partial charge < -0.3 is 5.32 Å².